The van der Waals surface area contributed by atoms with Crippen molar-refractivity contribution >= 4 is 39.7 Å². The zero-order chi connectivity index (χ0) is 19.7. The van der Waals surface area contributed by atoms with Crippen molar-refractivity contribution in [2.45, 2.75) is 44.1 Å². The van der Waals surface area contributed by atoms with Crippen molar-refractivity contribution in [1.82, 2.24) is 21.0 Å². The molecule has 1 aromatic carbocycles. The van der Waals surface area contributed by atoms with Gasteiger partial charge in [-0.05, 0) is 25.0 Å². The summed E-state index contributed by atoms with van der Waals surface area (Å²) < 4.78 is 0. The molecule has 1 saturated carbocycles. The van der Waals surface area contributed by atoms with Crippen molar-refractivity contribution in [3.8, 4) is 10.6 Å². The number of amides is 1. The van der Waals surface area contributed by atoms with E-state index >= 15 is 0 Å². The monoisotopic (exact) mass is 420 g/mol. The highest BCUT2D eigenvalue weighted by molar-refractivity contribution is 7.18. The molecule has 2 heterocycles. The minimum absolute atomic E-state index is 0.00332. The van der Waals surface area contributed by atoms with Crippen molar-refractivity contribution in [2.75, 3.05) is 17.2 Å². The fourth-order valence-electron chi connectivity index (χ4n) is 3.72. The Morgan fingerprint density at radius 2 is 2.18 bits per heavy atom. The number of nitrogens with zero attached hydrogens (tertiary/aromatic N) is 2. The topological polar surface area (TPSA) is 91.0 Å². The second kappa shape index (κ2) is 8.32. The molecule has 4 rings (SSSR count). The molecule has 4 unspecified atom stereocenters. The predicted molar refractivity (Wildman–Crippen MR) is 114 cm³/mol. The number of carbonyl (C=O) groups is 1. The van der Waals surface area contributed by atoms with Crippen molar-refractivity contribution in [2.24, 2.45) is 11.8 Å². The SMILES string of the molecule is CC(C)C(=O)Nc1cccc(-c2nnc(NC3CCC4NNCC4C3Cl)s2)c1. The molecule has 1 aromatic heterocycles. The number of hydrazine groups is 1. The zero-order valence-corrected chi connectivity index (χ0v) is 17.5. The number of hydrogen-bond donors (Lipinski definition) is 4. The Labute approximate surface area is 173 Å². The van der Waals surface area contributed by atoms with Gasteiger partial charge in [0.2, 0.25) is 11.0 Å². The molecule has 4 N–H and O–H groups in total. The number of anilines is 2. The van der Waals surface area contributed by atoms with Gasteiger partial charge < -0.3 is 10.6 Å². The second-order valence-corrected chi connectivity index (χ2v) is 9.19. The van der Waals surface area contributed by atoms with E-state index in [2.05, 4.69) is 31.7 Å². The first kappa shape index (κ1) is 19.6. The predicted octanol–water partition coefficient (Wildman–Crippen LogP) is 3.07. The van der Waals surface area contributed by atoms with Crippen LogP contribution in [-0.4, -0.2) is 40.1 Å². The van der Waals surface area contributed by atoms with E-state index in [1.165, 1.54) is 11.3 Å². The first-order valence-electron chi connectivity index (χ1n) is 9.65. The summed E-state index contributed by atoms with van der Waals surface area (Å²) in [6.45, 7) is 4.64. The average molecular weight is 421 g/mol. The van der Waals surface area contributed by atoms with E-state index in [9.17, 15) is 4.79 Å². The quantitative estimate of drug-likeness (QED) is 0.556. The highest BCUT2D eigenvalue weighted by Gasteiger charge is 2.41. The van der Waals surface area contributed by atoms with Crippen LogP contribution in [0.5, 0.6) is 0 Å². The van der Waals surface area contributed by atoms with Crippen LogP contribution < -0.4 is 21.5 Å². The number of alkyl halides is 1. The number of rotatable bonds is 5. The second-order valence-electron chi connectivity index (χ2n) is 7.71. The van der Waals surface area contributed by atoms with E-state index in [0.29, 0.717) is 12.0 Å². The summed E-state index contributed by atoms with van der Waals surface area (Å²) in [6, 6.07) is 8.33. The number of hydrogen-bond acceptors (Lipinski definition) is 7. The van der Waals surface area contributed by atoms with Gasteiger partial charge in [0.1, 0.15) is 5.01 Å². The number of aromatic nitrogens is 2. The van der Waals surface area contributed by atoms with Gasteiger partial charge in [-0.15, -0.1) is 21.8 Å². The summed E-state index contributed by atoms with van der Waals surface area (Å²) in [5, 5.41) is 16.7. The number of fused-ring (bicyclic) bond motifs is 1. The Kier molecular flexibility index (Phi) is 5.82. The largest absolute Gasteiger partial charge is 0.356 e. The molecule has 0 spiro atoms. The lowest BCUT2D eigenvalue weighted by Crippen LogP contribution is -2.47. The van der Waals surface area contributed by atoms with Crippen molar-refractivity contribution < 1.29 is 4.79 Å². The third-order valence-corrected chi connectivity index (χ3v) is 6.89. The molecule has 9 heteroatoms. The summed E-state index contributed by atoms with van der Waals surface area (Å²) in [4.78, 5) is 11.9. The third-order valence-electron chi connectivity index (χ3n) is 5.36. The van der Waals surface area contributed by atoms with Crippen LogP contribution in [0.15, 0.2) is 24.3 Å². The van der Waals surface area contributed by atoms with Gasteiger partial charge in [0.15, 0.2) is 0 Å². The minimum Gasteiger partial charge on any atom is -0.356 e. The first-order chi connectivity index (χ1) is 13.5. The maximum absolute atomic E-state index is 11.9. The standard InChI is InChI=1S/C19H25ClN6OS/c1-10(2)17(27)22-12-5-3-4-11(8-12)18-25-26-19(28-18)23-15-7-6-14-13(16(15)20)9-21-24-14/h3-5,8,10,13-16,21,24H,6-7,9H2,1-2H3,(H,22,27)(H,23,26). The third kappa shape index (κ3) is 4.15. The van der Waals surface area contributed by atoms with E-state index < -0.39 is 0 Å². The van der Waals surface area contributed by atoms with Crippen LogP contribution in [0.25, 0.3) is 10.6 Å². The molecule has 1 aliphatic carbocycles. The molecular formula is C19H25ClN6OS. The first-order valence-corrected chi connectivity index (χ1v) is 10.9. The van der Waals surface area contributed by atoms with Gasteiger partial charge in [-0.3, -0.25) is 15.6 Å². The molecular weight excluding hydrogens is 396 g/mol. The molecule has 7 nitrogen and oxygen atoms in total. The van der Waals surface area contributed by atoms with Crippen LogP contribution in [0.1, 0.15) is 26.7 Å². The van der Waals surface area contributed by atoms with E-state index in [1.807, 2.05) is 38.1 Å². The summed E-state index contributed by atoms with van der Waals surface area (Å²) in [7, 11) is 0. The summed E-state index contributed by atoms with van der Waals surface area (Å²) >= 11 is 8.23. The van der Waals surface area contributed by atoms with E-state index in [-0.39, 0.29) is 23.2 Å². The highest BCUT2D eigenvalue weighted by Crippen LogP contribution is 2.34. The van der Waals surface area contributed by atoms with Crippen LogP contribution in [0, 0.1) is 11.8 Å². The van der Waals surface area contributed by atoms with Crippen molar-refractivity contribution in [3.63, 3.8) is 0 Å². The zero-order valence-electron chi connectivity index (χ0n) is 15.9. The summed E-state index contributed by atoms with van der Waals surface area (Å²) in [5.74, 6) is 0.350. The van der Waals surface area contributed by atoms with E-state index in [4.69, 9.17) is 11.6 Å². The van der Waals surface area contributed by atoms with Gasteiger partial charge >= 0.3 is 0 Å². The maximum atomic E-state index is 11.9. The Hall–Kier alpha value is -1.74. The maximum Gasteiger partial charge on any atom is 0.226 e. The van der Waals surface area contributed by atoms with Crippen LogP contribution in [-0.2, 0) is 4.79 Å². The molecule has 150 valence electrons. The Morgan fingerprint density at radius 3 is 3.00 bits per heavy atom. The fraction of sp³-hybridized carbons (Fsp3) is 0.526. The summed E-state index contributed by atoms with van der Waals surface area (Å²) in [5.41, 5.74) is 8.22. The molecule has 0 radical (unpaired) electrons. The lowest BCUT2D eigenvalue weighted by atomic mass is 9.82. The molecule has 1 aliphatic heterocycles. The van der Waals surface area contributed by atoms with Gasteiger partial charge in [0.25, 0.3) is 0 Å². The normalized spacial score (nSPS) is 26.9. The van der Waals surface area contributed by atoms with Crippen LogP contribution in [0.2, 0.25) is 0 Å². The summed E-state index contributed by atoms with van der Waals surface area (Å²) in [6.07, 6.45) is 2.08. The molecule has 0 bridgehead atoms. The van der Waals surface area contributed by atoms with Crippen molar-refractivity contribution in [1.29, 1.82) is 0 Å². The van der Waals surface area contributed by atoms with Crippen molar-refractivity contribution in [3.05, 3.63) is 24.3 Å². The van der Waals surface area contributed by atoms with Gasteiger partial charge in [0, 0.05) is 41.7 Å². The Morgan fingerprint density at radius 1 is 1.32 bits per heavy atom. The average Bonchev–Trinajstić information content (AvgIpc) is 3.34. The molecule has 2 aliphatic rings. The van der Waals surface area contributed by atoms with Crippen LogP contribution >= 0.6 is 22.9 Å². The van der Waals surface area contributed by atoms with Gasteiger partial charge in [-0.1, -0.05) is 37.3 Å². The van der Waals surface area contributed by atoms with Crippen LogP contribution in [0.3, 0.4) is 0 Å². The van der Waals surface area contributed by atoms with Gasteiger partial charge in [0.05, 0.1) is 5.38 Å². The lowest BCUT2D eigenvalue weighted by molar-refractivity contribution is -0.118. The lowest BCUT2D eigenvalue weighted by Gasteiger charge is -2.35. The molecule has 4 atom stereocenters. The highest BCUT2D eigenvalue weighted by atomic mass is 35.5. The number of benzene rings is 1. The Balaban J connectivity index is 1.44. The molecule has 2 aromatic rings. The molecule has 1 amide bonds. The number of carbonyl (C=O) groups excluding carboxylic acids is 1. The Bertz CT molecular complexity index is 843. The molecule has 2 fully saturated rings. The van der Waals surface area contributed by atoms with Gasteiger partial charge in [-0.25, -0.2) is 0 Å². The van der Waals surface area contributed by atoms with E-state index in [0.717, 1.165) is 40.8 Å². The van der Waals surface area contributed by atoms with Crippen LogP contribution in [0.4, 0.5) is 10.8 Å². The van der Waals surface area contributed by atoms with Gasteiger partial charge in [-0.2, -0.15) is 0 Å². The number of halogens is 1. The van der Waals surface area contributed by atoms with E-state index in [1.54, 1.807) is 0 Å². The molecule has 28 heavy (non-hydrogen) atoms. The minimum atomic E-state index is -0.0650. The molecule has 1 saturated heterocycles. The number of nitrogens with one attached hydrogen (secondary N) is 4. The fourth-order valence-corrected chi connectivity index (χ4v) is 4.98. The smallest absolute Gasteiger partial charge is 0.226 e.